The second kappa shape index (κ2) is 6.86. The molecule has 2 aromatic rings. The Labute approximate surface area is 136 Å². The third-order valence-corrected chi connectivity index (χ3v) is 4.23. The first kappa shape index (κ1) is 15.6. The van der Waals surface area contributed by atoms with Crippen molar-refractivity contribution in [3.05, 3.63) is 47.8 Å². The molecule has 1 aliphatic heterocycles. The summed E-state index contributed by atoms with van der Waals surface area (Å²) in [7, 11) is 1.82. The van der Waals surface area contributed by atoms with Gasteiger partial charge in [-0.15, -0.1) is 0 Å². The number of hydrogen-bond donors (Lipinski definition) is 0. The van der Waals surface area contributed by atoms with E-state index in [9.17, 15) is 4.79 Å². The molecule has 0 saturated carbocycles. The maximum Gasteiger partial charge on any atom is 0.257 e. The van der Waals surface area contributed by atoms with Crippen LogP contribution in [-0.4, -0.2) is 40.3 Å². The molecule has 0 unspecified atom stereocenters. The van der Waals surface area contributed by atoms with Crippen molar-refractivity contribution in [2.24, 2.45) is 13.0 Å². The van der Waals surface area contributed by atoms with Gasteiger partial charge in [-0.1, -0.05) is 12.1 Å². The van der Waals surface area contributed by atoms with Crippen molar-refractivity contribution < 1.29 is 9.53 Å². The lowest BCUT2D eigenvalue weighted by Gasteiger charge is -2.32. The van der Waals surface area contributed by atoms with Crippen molar-refractivity contribution in [1.82, 2.24) is 14.7 Å². The Morgan fingerprint density at radius 3 is 3.04 bits per heavy atom. The highest BCUT2D eigenvalue weighted by atomic mass is 16.5. The first-order valence-electron chi connectivity index (χ1n) is 8.09. The molecular weight excluding hydrogens is 290 g/mol. The first-order valence-corrected chi connectivity index (χ1v) is 8.09. The zero-order valence-corrected chi connectivity index (χ0v) is 13.7. The minimum absolute atomic E-state index is 0.0679. The van der Waals surface area contributed by atoms with E-state index in [1.54, 1.807) is 17.1 Å². The van der Waals surface area contributed by atoms with Gasteiger partial charge in [-0.3, -0.25) is 9.48 Å². The molecule has 1 saturated heterocycles. The highest BCUT2D eigenvalue weighted by Gasteiger charge is 2.25. The summed E-state index contributed by atoms with van der Waals surface area (Å²) in [5, 5.41) is 4.08. The van der Waals surface area contributed by atoms with E-state index in [1.807, 2.05) is 30.1 Å². The number of benzene rings is 1. The number of carbonyl (C=O) groups is 1. The number of amides is 1. The van der Waals surface area contributed by atoms with Gasteiger partial charge in [0.1, 0.15) is 5.75 Å². The van der Waals surface area contributed by atoms with Crippen LogP contribution in [0.1, 0.15) is 28.8 Å². The maximum atomic E-state index is 12.5. The Balaban J connectivity index is 1.56. The van der Waals surface area contributed by atoms with E-state index in [4.69, 9.17) is 4.74 Å². The van der Waals surface area contributed by atoms with E-state index in [-0.39, 0.29) is 5.91 Å². The lowest BCUT2D eigenvalue weighted by molar-refractivity contribution is 0.0633. The van der Waals surface area contributed by atoms with Gasteiger partial charge in [0.05, 0.1) is 18.4 Å². The predicted octanol–water partition coefficient (Wildman–Crippen LogP) is 2.66. The zero-order valence-electron chi connectivity index (χ0n) is 13.7. The molecule has 23 heavy (non-hydrogen) atoms. The van der Waals surface area contributed by atoms with E-state index >= 15 is 0 Å². The lowest BCUT2D eigenvalue weighted by atomic mass is 9.98. The van der Waals surface area contributed by atoms with Crippen LogP contribution in [0.25, 0.3) is 0 Å². The molecule has 0 radical (unpaired) electrons. The Morgan fingerprint density at radius 1 is 1.43 bits per heavy atom. The van der Waals surface area contributed by atoms with Gasteiger partial charge < -0.3 is 9.64 Å². The fourth-order valence-corrected chi connectivity index (χ4v) is 3.02. The van der Waals surface area contributed by atoms with Crippen molar-refractivity contribution >= 4 is 5.91 Å². The van der Waals surface area contributed by atoms with Gasteiger partial charge in [-0.05, 0) is 37.5 Å². The second-order valence-electron chi connectivity index (χ2n) is 6.29. The Bertz CT molecular complexity index is 680. The molecule has 1 amide bonds. The summed E-state index contributed by atoms with van der Waals surface area (Å²) in [4.78, 5) is 14.4. The van der Waals surface area contributed by atoms with E-state index in [0.717, 1.165) is 31.7 Å². The summed E-state index contributed by atoms with van der Waals surface area (Å²) >= 11 is 0. The van der Waals surface area contributed by atoms with Gasteiger partial charge in [-0.2, -0.15) is 5.10 Å². The highest BCUT2D eigenvalue weighted by Crippen LogP contribution is 2.21. The summed E-state index contributed by atoms with van der Waals surface area (Å²) in [5.41, 5.74) is 1.85. The molecule has 1 fully saturated rings. The van der Waals surface area contributed by atoms with Crippen LogP contribution in [0.15, 0.2) is 36.7 Å². The third kappa shape index (κ3) is 3.92. The van der Waals surface area contributed by atoms with Crippen LogP contribution in [0.3, 0.4) is 0 Å². The number of piperidine rings is 1. The van der Waals surface area contributed by atoms with Crippen molar-refractivity contribution in [2.75, 3.05) is 19.7 Å². The molecule has 122 valence electrons. The van der Waals surface area contributed by atoms with Crippen LogP contribution >= 0.6 is 0 Å². The fraction of sp³-hybridized carbons (Fsp3) is 0.444. The number of hydrogen-bond acceptors (Lipinski definition) is 3. The molecule has 1 aliphatic rings. The SMILES string of the molecule is Cc1cccc(OC[C@@H]2CCCN(C(=O)c3cnn(C)c3)C2)c1. The van der Waals surface area contributed by atoms with E-state index in [1.165, 1.54) is 5.56 Å². The number of ether oxygens (including phenoxy) is 1. The van der Waals surface area contributed by atoms with Crippen LogP contribution < -0.4 is 4.74 Å². The van der Waals surface area contributed by atoms with Crippen LogP contribution in [0, 0.1) is 12.8 Å². The van der Waals surface area contributed by atoms with Crippen LogP contribution in [0.4, 0.5) is 0 Å². The molecular formula is C18H23N3O2. The minimum Gasteiger partial charge on any atom is -0.493 e. The molecule has 5 nitrogen and oxygen atoms in total. The van der Waals surface area contributed by atoms with Crippen LogP contribution in [0.5, 0.6) is 5.75 Å². The van der Waals surface area contributed by atoms with Crippen molar-refractivity contribution in [2.45, 2.75) is 19.8 Å². The van der Waals surface area contributed by atoms with Crippen molar-refractivity contribution in [3.63, 3.8) is 0 Å². The van der Waals surface area contributed by atoms with Gasteiger partial charge >= 0.3 is 0 Å². The van der Waals surface area contributed by atoms with Gasteiger partial charge in [-0.25, -0.2) is 0 Å². The monoisotopic (exact) mass is 313 g/mol. The molecule has 1 aromatic carbocycles. The highest BCUT2D eigenvalue weighted by molar-refractivity contribution is 5.93. The van der Waals surface area contributed by atoms with Gasteiger partial charge in [0.15, 0.2) is 0 Å². The first-order chi connectivity index (χ1) is 11.1. The topological polar surface area (TPSA) is 47.4 Å². The second-order valence-corrected chi connectivity index (χ2v) is 6.29. The molecule has 5 heteroatoms. The van der Waals surface area contributed by atoms with E-state index in [2.05, 4.69) is 18.1 Å². The smallest absolute Gasteiger partial charge is 0.257 e. The van der Waals surface area contributed by atoms with E-state index in [0.29, 0.717) is 18.1 Å². The molecule has 2 heterocycles. The van der Waals surface area contributed by atoms with Gasteiger partial charge in [0.25, 0.3) is 5.91 Å². The maximum absolute atomic E-state index is 12.5. The van der Waals surface area contributed by atoms with Crippen LogP contribution in [-0.2, 0) is 7.05 Å². The normalized spacial score (nSPS) is 18.0. The molecule has 1 aromatic heterocycles. The largest absolute Gasteiger partial charge is 0.493 e. The third-order valence-electron chi connectivity index (χ3n) is 4.23. The number of rotatable bonds is 4. The Kier molecular flexibility index (Phi) is 4.65. The summed E-state index contributed by atoms with van der Waals surface area (Å²) in [5.74, 6) is 1.35. The minimum atomic E-state index is 0.0679. The number of carbonyl (C=O) groups excluding carboxylic acids is 1. The molecule has 0 aliphatic carbocycles. The average molecular weight is 313 g/mol. The number of aryl methyl sites for hydroxylation is 2. The average Bonchev–Trinajstić information content (AvgIpc) is 2.99. The summed E-state index contributed by atoms with van der Waals surface area (Å²) in [6.07, 6.45) is 5.53. The molecule has 0 N–H and O–H groups in total. The van der Waals surface area contributed by atoms with Crippen molar-refractivity contribution in [1.29, 1.82) is 0 Å². The van der Waals surface area contributed by atoms with E-state index < -0.39 is 0 Å². The zero-order chi connectivity index (χ0) is 16.2. The molecule has 3 rings (SSSR count). The molecule has 0 bridgehead atoms. The van der Waals surface area contributed by atoms with Gasteiger partial charge in [0.2, 0.25) is 0 Å². The fourth-order valence-electron chi connectivity index (χ4n) is 3.02. The quantitative estimate of drug-likeness (QED) is 0.872. The molecule has 1 atom stereocenters. The summed E-state index contributed by atoms with van der Waals surface area (Å²) < 4.78 is 7.57. The predicted molar refractivity (Wildman–Crippen MR) is 88.5 cm³/mol. The lowest BCUT2D eigenvalue weighted by Crippen LogP contribution is -2.41. The van der Waals surface area contributed by atoms with Crippen molar-refractivity contribution in [3.8, 4) is 5.75 Å². The van der Waals surface area contributed by atoms with Gasteiger partial charge in [0, 0.05) is 32.3 Å². The Hall–Kier alpha value is -2.30. The number of likely N-dealkylation sites (tertiary alicyclic amines) is 1. The number of nitrogens with zero attached hydrogens (tertiary/aromatic N) is 3. The number of aromatic nitrogens is 2. The summed E-state index contributed by atoms with van der Waals surface area (Å²) in [6.45, 7) is 4.27. The standard InChI is InChI=1S/C18H23N3O2/c1-14-5-3-7-17(9-14)23-13-15-6-4-8-21(11-15)18(22)16-10-19-20(2)12-16/h3,5,7,9-10,12,15H,4,6,8,11,13H2,1-2H3/t15-/m1/s1. The van der Waals surface area contributed by atoms with Crippen LogP contribution in [0.2, 0.25) is 0 Å². The molecule has 0 spiro atoms. The Morgan fingerprint density at radius 2 is 2.30 bits per heavy atom. The summed E-state index contributed by atoms with van der Waals surface area (Å²) in [6, 6.07) is 8.08.